The minimum atomic E-state index is -0.769. The van der Waals surface area contributed by atoms with Crippen LogP contribution in [0, 0.1) is 0 Å². The molecule has 16 heavy (non-hydrogen) atoms. The Morgan fingerprint density at radius 2 is 2.06 bits per heavy atom. The summed E-state index contributed by atoms with van der Waals surface area (Å²) in [5, 5.41) is 10.5. The molecule has 3 nitrogen and oxygen atoms in total. The van der Waals surface area contributed by atoms with Gasteiger partial charge in [-0.15, -0.1) is 0 Å². The van der Waals surface area contributed by atoms with Gasteiger partial charge in [0.15, 0.2) is 0 Å². The molecule has 1 rings (SSSR count). The van der Waals surface area contributed by atoms with Gasteiger partial charge in [-0.2, -0.15) is 0 Å². The maximum Gasteiger partial charge on any atom is 0.137 e. The normalized spacial score (nSPS) is 14.5. The summed E-state index contributed by atoms with van der Waals surface area (Å²) in [4.78, 5) is 4.11. The number of hydrogen-bond donors (Lipinski definition) is 1. The zero-order chi connectivity index (χ0) is 12.0. The lowest BCUT2D eigenvalue weighted by atomic mass is 9.88. The van der Waals surface area contributed by atoms with E-state index in [0.29, 0.717) is 13.0 Å². The molecule has 1 aromatic heterocycles. The lowest BCUT2D eigenvalue weighted by Crippen LogP contribution is -2.24. The number of aromatic nitrogens is 1. The molecule has 0 saturated heterocycles. The maximum atomic E-state index is 10.5. The average molecular weight is 223 g/mol. The van der Waals surface area contributed by atoms with Crippen LogP contribution >= 0.6 is 0 Å². The molecule has 0 saturated carbocycles. The van der Waals surface area contributed by atoms with E-state index in [1.807, 2.05) is 19.9 Å². The van der Waals surface area contributed by atoms with E-state index in [2.05, 4.69) is 11.9 Å². The second kappa shape index (κ2) is 5.85. The Kier molecular flexibility index (Phi) is 4.74. The topological polar surface area (TPSA) is 42.4 Å². The predicted molar refractivity (Wildman–Crippen MR) is 64.5 cm³/mol. The summed E-state index contributed by atoms with van der Waals surface area (Å²) in [6.45, 7) is 6.61. The zero-order valence-electron chi connectivity index (χ0n) is 10.4. The van der Waals surface area contributed by atoms with Crippen LogP contribution in [0.2, 0.25) is 0 Å². The van der Waals surface area contributed by atoms with Crippen molar-refractivity contribution in [2.45, 2.75) is 45.6 Å². The van der Waals surface area contributed by atoms with Crippen LogP contribution in [0.3, 0.4) is 0 Å². The highest BCUT2D eigenvalue weighted by Gasteiger charge is 2.26. The van der Waals surface area contributed by atoms with Crippen LogP contribution in [0.4, 0.5) is 0 Å². The summed E-state index contributed by atoms with van der Waals surface area (Å²) in [5.74, 6) is 0.725. The molecule has 0 bridgehead atoms. The van der Waals surface area contributed by atoms with E-state index >= 15 is 0 Å². The van der Waals surface area contributed by atoms with Crippen LogP contribution in [-0.2, 0) is 5.60 Å². The molecule has 0 aliphatic carbocycles. The highest BCUT2D eigenvalue weighted by Crippen LogP contribution is 2.31. The minimum Gasteiger partial charge on any atom is -0.492 e. The Bertz CT molecular complexity index is 327. The molecule has 1 unspecified atom stereocenters. The first-order chi connectivity index (χ1) is 7.66. The lowest BCUT2D eigenvalue weighted by Gasteiger charge is -2.26. The molecule has 90 valence electrons. The van der Waals surface area contributed by atoms with Gasteiger partial charge < -0.3 is 9.84 Å². The quantitative estimate of drug-likeness (QED) is 0.806. The van der Waals surface area contributed by atoms with Gasteiger partial charge in [-0.05, 0) is 25.8 Å². The minimum absolute atomic E-state index is 0.615. The van der Waals surface area contributed by atoms with Crippen LogP contribution in [0.5, 0.6) is 5.75 Å². The number of aliphatic hydroxyl groups is 1. The number of hydrogen-bond acceptors (Lipinski definition) is 3. The summed E-state index contributed by atoms with van der Waals surface area (Å²) in [7, 11) is 0. The molecule has 1 atom stereocenters. The second-order valence-corrected chi connectivity index (χ2v) is 3.98. The van der Waals surface area contributed by atoms with Crippen LogP contribution in [0.15, 0.2) is 18.5 Å². The zero-order valence-corrected chi connectivity index (χ0v) is 10.4. The van der Waals surface area contributed by atoms with E-state index in [-0.39, 0.29) is 0 Å². The monoisotopic (exact) mass is 223 g/mol. The smallest absolute Gasteiger partial charge is 0.137 e. The van der Waals surface area contributed by atoms with Gasteiger partial charge in [0.05, 0.1) is 18.4 Å². The van der Waals surface area contributed by atoms with Gasteiger partial charge in [0.2, 0.25) is 0 Å². The fraction of sp³-hybridized carbons (Fsp3) is 0.615. The molecule has 0 aliphatic heterocycles. The van der Waals surface area contributed by atoms with E-state index in [1.54, 1.807) is 12.4 Å². The van der Waals surface area contributed by atoms with Gasteiger partial charge in [0.25, 0.3) is 0 Å². The van der Waals surface area contributed by atoms with E-state index in [9.17, 15) is 5.11 Å². The van der Waals surface area contributed by atoms with Crippen LogP contribution in [-0.4, -0.2) is 16.7 Å². The van der Waals surface area contributed by atoms with Crippen molar-refractivity contribution in [1.29, 1.82) is 0 Å². The molecule has 0 aliphatic rings. The third-order valence-electron chi connectivity index (χ3n) is 2.81. The number of pyridine rings is 1. The molecule has 0 aromatic carbocycles. The van der Waals surface area contributed by atoms with Crippen molar-refractivity contribution < 1.29 is 9.84 Å². The standard InChI is InChI=1S/C13H21NO2/c1-4-7-13(15,5-2)11-8-12(16-6-3)10-14-9-11/h8-10,15H,4-7H2,1-3H3. The van der Waals surface area contributed by atoms with Gasteiger partial charge >= 0.3 is 0 Å². The fourth-order valence-electron chi connectivity index (χ4n) is 1.86. The molecular formula is C13H21NO2. The van der Waals surface area contributed by atoms with Gasteiger partial charge in [-0.1, -0.05) is 20.3 Å². The molecule has 1 heterocycles. The molecule has 3 heteroatoms. The highest BCUT2D eigenvalue weighted by atomic mass is 16.5. The van der Waals surface area contributed by atoms with Crippen molar-refractivity contribution in [2.75, 3.05) is 6.61 Å². The Morgan fingerprint density at radius 1 is 1.31 bits per heavy atom. The SMILES string of the molecule is CCCC(O)(CC)c1cncc(OCC)c1. The summed E-state index contributed by atoms with van der Waals surface area (Å²) in [5.41, 5.74) is 0.0808. The summed E-state index contributed by atoms with van der Waals surface area (Å²) in [6, 6.07) is 1.88. The van der Waals surface area contributed by atoms with E-state index in [0.717, 1.165) is 24.2 Å². The molecule has 0 radical (unpaired) electrons. The van der Waals surface area contributed by atoms with E-state index < -0.39 is 5.60 Å². The van der Waals surface area contributed by atoms with Gasteiger partial charge in [-0.25, -0.2) is 0 Å². The Morgan fingerprint density at radius 3 is 2.62 bits per heavy atom. The molecular weight excluding hydrogens is 202 g/mol. The number of ether oxygens (including phenoxy) is 1. The van der Waals surface area contributed by atoms with Gasteiger partial charge in [-0.3, -0.25) is 4.98 Å². The predicted octanol–water partition coefficient (Wildman–Crippen LogP) is 2.88. The third kappa shape index (κ3) is 2.95. The molecule has 0 spiro atoms. The number of rotatable bonds is 6. The maximum absolute atomic E-state index is 10.5. The number of nitrogens with zero attached hydrogens (tertiary/aromatic N) is 1. The molecule has 0 fully saturated rings. The molecule has 0 amide bonds. The Hall–Kier alpha value is -1.09. The van der Waals surface area contributed by atoms with Crippen molar-refractivity contribution in [3.8, 4) is 5.75 Å². The Labute approximate surface area is 97.5 Å². The van der Waals surface area contributed by atoms with Crippen LogP contribution < -0.4 is 4.74 Å². The van der Waals surface area contributed by atoms with Crippen molar-refractivity contribution in [3.63, 3.8) is 0 Å². The Balaban J connectivity index is 2.96. The van der Waals surface area contributed by atoms with Crippen LogP contribution in [0.1, 0.15) is 45.6 Å². The van der Waals surface area contributed by atoms with Gasteiger partial charge in [0.1, 0.15) is 5.75 Å². The van der Waals surface area contributed by atoms with E-state index in [1.165, 1.54) is 0 Å². The highest BCUT2D eigenvalue weighted by molar-refractivity contribution is 5.28. The first-order valence-corrected chi connectivity index (χ1v) is 5.97. The van der Waals surface area contributed by atoms with Crippen LogP contribution in [0.25, 0.3) is 0 Å². The van der Waals surface area contributed by atoms with Crippen molar-refractivity contribution >= 4 is 0 Å². The molecule has 1 N–H and O–H groups in total. The first-order valence-electron chi connectivity index (χ1n) is 5.97. The average Bonchev–Trinajstić information content (AvgIpc) is 2.30. The summed E-state index contributed by atoms with van der Waals surface area (Å²) < 4.78 is 5.39. The van der Waals surface area contributed by atoms with E-state index in [4.69, 9.17) is 4.74 Å². The molecule has 1 aromatic rings. The fourth-order valence-corrected chi connectivity index (χ4v) is 1.86. The summed E-state index contributed by atoms with van der Waals surface area (Å²) >= 11 is 0. The lowest BCUT2D eigenvalue weighted by molar-refractivity contribution is 0.0220. The van der Waals surface area contributed by atoms with Gasteiger partial charge in [0, 0.05) is 11.8 Å². The largest absolute Gasteiger partial charge is 0.492 e. The third-order valence-corrected chi connectivity index (χ3v) is 2.81. The van der Waals surface area contributed by atoms with Crippen molar-refractivity contribution in [3.05, 3.63) is 24.0 Å². The van der Waals surface area contributed by atoms with Crippen molar-refractivity contribution in [1.82, 2.24) is 4.98 Å². The first kappa shape index (κ1) is 13.0. The summed E-state index contributed by atoms with van der Waals surface area (Å²) in [6.07, 6.45) is 5.79. The van der Waals surface area contributed by atoms with Crippen molar-refractivity contribution in [2.24, 2.45) is 0 Å². The second-order valence-electron chi connectivity index (χ2n) is 3.98.